The van der Waals surface area contributed by atoms with E-state index in [1.165, 1.54) is 6.42 Å². The molecule has 0 spiro atoms. The zero-order valence-corrected chi connectivity index (χ0v) is 9.86. The highest BCUT2D eigenvalue weighted by Crippen LogP contribution is 1.99. The van der Waals surface area contributed by atoms with E-state index in [1.807, 2.05) is 6.08 Å². The Balaban J connectivity index is 3.19. The molecule has 0 heterocycles. The van der Waals surface area contributed by atoms with Crippen molar-refractivity contribution in [1.29, 1.82) is 0 Å². The van der Waals surface area contributed by atoms with Crippen LogP contribution in [0.1, 0.15) is 45.4 Å². The van der Waals surface area contributed by atoms with Crippen molar-refractivity contribution >= 4 is 0 Å². The molecule has 0 fully saturated rings. The average Bonchev–Trinajstić information content (AvgIpc) is 2.26. The normalized spacial score (nSPS) is 12.4. The SMILES string of the molecule is CC/C=C/C/C=C/CCC/C=C/CCO. The second-order valence-electron chi connectivity index (χ2n) is 3.50. The molecule has 0 aromatic heterocycles. The van der Waals surface area contributed by atoms with Gasteiger partial charge in [-0.2, -0.15) is 0 Å². The van der Waals surface area contributed by atoms with Crippen molar-refractivity contribution in [2.45, 2.75) is 45.4 Å². The molecular formula is C14H24O. The Hall–Kier alpha value is -0.820. The molecule has 0 aromatic carbocycles. The van der Waals surface area contributed by atoms with Crippen LogP contribution in [0.25, 0.3) is 0 Å². The van der Waals surface area contributed by atoms with Crippen molar-refractivity contribution in [3.05, 3.63) is 36.5 Å². The van der Waals surface area contributed by atoms with Gasteiger partial charge in [0.25, 0.3) is 0 Å². The summed E-state index contributed by atoms with van der Waals surface area (Å²) >= 11 is 0. The van der Waals surface area contributed by atoms with Crippen molar-refractivity contribution in [1.82, 2.24) is 0 Å². The summed E-state index contributed by atoms with van der Waals surface area (Å²) in [5.41, 5.74) is 0. The molecule has 0 saturated carbocycles. The van der Waals surface area contributed by atoms with E-state index in [2.05, 4.69) is 37.3 Å². The fraction of sp³-hybridized carbons (Fsp3) is 0.571. The molecule has 0 bridgehead atoms. The summed E-state index contributed by atoms with van der Waals surface area (Å²) in [7, 11) is 0. The van der Waals surface area contributed by atoms with Crippen molar-refractivity contribution in [3.63, 3.8) is 0 Å². The zero-order valence-electron chi connectivity index (χ0n) is 9.86. The minimum Gasteiger partial charge on any atom is -0.396 e. The van der Waals surface area contributed by atoms with E-state index in [0.29, 0.717) is 0 Å². The third kappa shape index (κ3) is 13.2. The van der Waals surface area contributed by atoms with Crippen LogP contribution >= 0.6 is 0 Å². The van der Waals surface area contributed by atoms with Gasteiger partial charge in [-0.3, -0.25) is 0 Å². The predicted octanol–water partition coefficient (Wildman–Crippen LogP) is 4.01. The highest BCUT2D eigenvalue weighted by molar-refractivity contribution is 4.92. The van der Waals surface area contributed by atoms with E-state index in [1.54, 1.807) is 0 Å². The Morgan fingerprint density at radius 1 is 0.800 bits per heavy atom. The smallest absolute Gasteiger partial charge is 0.0465 e. The lowest BCUT2D eigenvalue weighted by atomic mass is 10.2. The minimum absolute atomic E-state index is 0.264. The van der Waals surface area contributed by atoms with Crippen LogP contribution < -0.4 is 0 Å². The van der Waals surface area contributed by atoms with Gasteiger partial charge in [-0.1, -0.05) is 43.4 Å². The topological polar surface area (TPSA) is 20.2 Å². The van der Waals surface area contributed by atoms with Gasteiger partial charge in [0.05, 0.1) is 0 Å². The Morgan fingerprint density at radius 3 is 2.07 bits per heavy atom. The Morgan fingerprint density at radius 2 is 1.40 bits per heavy atom. The van der Waals surface area contributed by atoms with Crippen LogP contribution in [0.2, 0.25) is 0 Å². The maximum atomic E-state index is 8.54. The number of rotatable bonds is 9. The summed E-state index contributed by atoms with van der Waals surface area (Å²) in [6.45, 7) is 2.42. The lowest BCUT2D eigenvalue weighted by molar-refractivity contribution is 0.302. The Kier molecular flexibility index (Phi) is 12.5. The molecule has 86 valence electrons. The molecule has 0 aliphatic carbocycles. The number of hydrogen-bond donors (Lipinski definition) is 1. The summed E-state index contributed by atoms with van der Waals surface area (Å²) in [6.07, 6.45) is 19.5. The third-order valence-corrected chi connectivity index (χ3v) is 2.05. The van der Waals surface area contributed by atoms with Gasteiger partial charge in [0.15, 0.2) is 0 Å². The van der Waals surface area contributed by atoms with Crippen molar-refractivity contribution in [2.24, 2.45) is 0 Å². The summed E-state index contributed by atoms with van der Waals surface area (Å²) < 4.78 is 0. The highest BCUT2D eigenvalue weighted by atomic mass is 16.2. The number of hydrogen-bond acceptors (Lipinski definition) is 1. The fourth-order valence-corrected chi connectivity index (χ4v) is 1.22. The van der Waals surface area contributed by atoms with Crippen molar-refractivity contribution in [3.8, 4) is 0 Å². The first-order valence-electron chi connectivity index (χ1n) is 5.97. The number of aliphatic hydroxyl groups is 1. The maximum Gasteiger partial charge on any atom is 0.0465 e. The molecule has 0 atom stereocenters. The minimum atomic E-state index is 0.264. The molecule has 0 radical (unpaired) electrons. The number of allylic oxidation sites excluding steroid dienone is 5. The number of unbranched alkanes of at least 4 members (excludes halogenated alkanes) is 2. The van der Waals surface area contributed by atoms with Gasteiger partial charge < -0.3 is 5.11 Å². The van der Waals surface area contributed by atoms with Crippen LogP contribution in [0, 0.1) is 0 Å². The maximum absolute atomic E-state index is 8.54. The van der Waals surface area contributed by atoms with E-state index in [0.717, 1.165) is 32.1 Å². The van der Waals surface area contributed by atoms with Crippen LogP contribution in [0.4, 0.5) is 0 Å². The lowest BCUT2D eigenvalue weighted by Crippen LogP contribution is -1.75. The lowest BCUT2D eigenvalue weighted by Gasteiger charge is -1.90. The van der Waals surface area contributed by atoms with Crippen molar-refractivity contribution < 1.29 is 5.11 Å². The van der Waals surface area contributed by atoms with Gasteiger partial charge in [-0.15, -0.1) is 0 Å². The Bertz CT molecular complexity index is 190. The molecule has 1 heteroatoms. The van der Waals surface area contributed by atoms with Gasteiger partial charge in [-0.05, 0) is 38.5 Å². The zero-order chi connectivity index (χ0) is 11.2. The molecule has 1 N–H and O–H groups in total. The van der Waals surface area contributed by atoms with Gasteiger partial charge in [0.2, 0.25) is 0 Å². The molecule has 0 aliphatic heterocycles. The molecular weight excluding hydrogens is 184 g/mol. The molecule has 0 saturated heterocycles. The molecule has 0 amide bonds. The van der Waals surface area contributed by atoms with Gasteiger partial charge >= 0.3 is 0 Å². The van der Waals surface area contributed by atoms with Crippen molar-refractivity contribution in [2.75, 3.05) is 6.61 Å². The van der Waals surface area contributed by atoms with Crippen LogP contribution in [0.15, 0.2) is 36.5 Å². The van der Waals surface area contributed by atoms with Crippen LogP contribution in [0.3, 0.4) is 0 Å². The van der Waals surface area contributed by atoms with Gasteiger partial charge in [-0.25, -0.2) is 0 Å². The summed E-state index contributed by atoms with van der Waals surface area (Å²) in [5, 5.41) is 8.54. The van der Waals surface area contributed by atoms with E-state index in [9.17, 15) is 0 Å². The first kappa shape index (κ1) is 14.2. The van der Waals surface area contributed by atoms with E-state index in [4.69, 9.17) is 5.11 Å². The quantitative estimate of drug-likeness (QED) is 0.448. The van der Waals surface area contributed by atoms with Crippen LogP contribution in [0.5, 0.6) is 0 Å². The van der Waals surface area contributed by atoms with E-state index in [-0.39, 0.29) is 6.61 Å². The standard InChI is InChI=1S/C14H24O/c1-2-3-4-5-6-7-8-9-10-11-12-13-14-15/h3-4,6-7,11-12,15H,2,5,8-10,13-14H2,1H3/b4-3+,7-6+,12-11+. The highest BCUT2D eigenvalue weighted by Gasteiger charge is 1.80. The molecule has 0 rings (SSSR count). The van der Waals surface area contributed by atoms with Gasteiger partial charge in [0.1, 0.15) is 0 Å². The summed E-state index contributed by atoms with van der Waals surface area (Å²) in [6, 6.07) is 0. The molecule has 0 unspecified atom stereocenters. The molecule has 1 nitrogen and oxygen atoms in total. The first-order valence-corrected chi connectivity index (χ1v) is 5.97. The average molecular weight is 208 g/mol. The second kappa shape index (κ2) is 13.2. The molecule has 0 aliphatic rings. The van der Waals surface area contributed by atoms with E-state index >= 15 is 0 Å². The monoisotopic (exact) mass is 208 g/mol. The Labute approximate surface area is 94.2 Å². The van der Waals surface area contributed by atoms with Crippen LogP contribution in [-0.2, 0) is 0 Å². The first-order chi connectivity index (χ1) is 7.41. The molecule has 0 aromatic rings. The number of aliphatic hydroxyl groups excluding tert-OH is 1. The predicted molar refractivity (Wildman–Crippen MR) is 67.9 cm³/mol. The second-order valence-corrected chi connectivity index (χ2v) is 3.50. The summed E-state index contributed by atoms with van der Waals surface area (Å²) in [5.74, 6) is 0. The molecule has 15 heavy (non-hydrogen) atoms. The largest absolute Gasteiger partial charge is 0.396 e. The third-order valence-electron chi connectivity index (χ3n) is 2.05. The van der Waals surface area contributed by atoms with Crippen LogP contribution in [-0.4, -0.2) is 11.7 Å². The van der Waals surface area contributed by atoms with Gasteiger partial charge in [0, 0.05) is 6.61 Å². The van der Waals surface area contributed by atoms with E-state index < -0.39 is 0 Å². The summed E-state index contributed by atoms with van der Waals surface area (Å²) in [4.78, 5) is 0. The fourth-order valence-electron chi connectivity index (χ4n) is 1.22.